The van der Waals surface area contributed by atoms with Crippen molar-refractivity contribution in [2.75, 3.05) is 10.5 Å². The van der Waals surface area contributed by atoms with E-state index < -0.39 is 44.0 Å². The third-order valence-corrected chi connectivity index (χ3v) is 4.84. The fourth-order valence-electron chi connectivity index (χ4n) is 1.93. The highest BCUT2D eigenvalue weighted by atomic mass is 35.5. The maximum atomic E-state index is 14.3. The molecule has 1 aromatic carbocycles. The zero-order valence-electron chi connectivity index (χ0n) is 12.9. The van der Waals surface area contributed by atoms with Crippen LogP contribution in [0.5, 0.6) is 0 Å². The van der Waals surface area contributed by atoms with Crippen LogP contribution < -0.4 is 4.72 Å². The molecule has 2 aromatic rings. The second-order valence-electron chi connectivity index (χ2n) is 4.88. The highest BCUT2D eigenvalue weighted by molar-refractivity contribution is 7.92. The van der Waals surface area contributed by atoms with Crippen molar-refractivity contribution in [3.63, 3.8) is 0 Å². The van der Waals surface area contributed by atoms with E-state index in [2.05, 4.69) is 14.7 Å². The van der Waals surface area contributed by atoms with E-state index in [1.165, 1.54) is 6.92 Å². The van der Waals surface area contributed by atoms with Gasteiger partial charge in [-0.2, -0.15) is 18.4 Å². The summed E-state index contributed by atoms with van der Waals surface area (Å²) in [7, 11) is -3.83. The molecule has 0 aliphatic heterocycles. The van der Waals surface area contributed by atoms with Gasteiger partial charge < -0.3 is 0 Å². The van der Waals surface area contributed by atoms with Gasteiger partial charge in [0.1, 0.15) is 18.2 Å². The number of sulfonamides is 1. The lowest BCUT2D eigenvalue weighted by Gasteiger charge is -2.13. The molecule has 0 unspecified atom stereocenters. The molecule has 138 valence electrons. The fourth-order valence-corrected chi connectivity index (χ4v) is 2.88. The normalized spacial score (nSPS) is 11.9. The average molecular weight is 409 g/mol. The molecule has 1 N–H and O–H groups in total. The van der Waals surface area contributed by atoms with Crippen molar-refractivity contribution < 1.29 is 26.0 Å². The summed E-state index contributed by atoms with van der Waals surface area (Å²) in [6.45, 7) is 1.33. The number of nitriles is 1. The van der Waals surface area contributed by atoms with Gasteiger partial charge in [-0.25, -0.2) is 22.8 Å². The van der Waals surface area contributed by atoms with Gasteiger partial charge in [-0.05, 0) is 19.1 Å². The number of anilines is 1. The van der Waals surface area contributed by atoms with E-state index in [0.717, 1.165) is 6.07 Å². The van der Waals surface area contributed by atoms with E-state index >= 15 is 0 Å². The van der Waals surface area contributed by atoms with Crippen molar-refractivity contribution in [1.82, 2.24) is 9.97 Å². The van der Waals surface area contributed by atoms with Crippen molar-refractivity contribution in [3.05, 3.63) is 40.6 Å². The van der Waals surface area contributed by atoms with Gasteiger partial charge in [0.15, 0.2) is 5.69 Å². The first-order valence-corrected chi connectivity index (χ1v) is 8.85. The van der Waals surface area contributed by atoms with Crippen LogP contribution in [0.1, 0.15) is 18.2 Å². The lowest BCUT2D eigenvalue weighted by Crippen LogP contribution is -2.16. The Morgan fingerprint density at radius 2 is 1.96 bits per heavy atom. The number of rotatable bonds is 4. The van der Waals surface area contributed by atoms with Gasteiger partial charge in [0.2, 0.25) is 10.0 Å². The third-order valence-electron chi connectivity index (χ3n) is 3.19. The molecule has 2 rings (SSSR count). The first kappa shape index (κ1) is 19.9. The quantitative estimate of drug-likeness (QED) is 0.780. The van der Waals surface area contributed by atoms with E-state index in [1.54, 1.807) is 6.07 Å². The summed E-state index contributed by atoms with van der Waals surface area (Å²) in [5.74, 6) is -1.44. The van der Waals surface area contributed by atoms with Crippen LogP contribution in [0.25, 0.3) is 11.3 Å². The standard InChI is InChI=1S/C14H9ClF4N4O2S/c1-2-26(24,25)23-10-4-8(9(16)3-7(10)5-20)12-11(15)13(14(17,18)19)22-6-21-12/h3-4,6,23H,2H2,1H3. The summed E-state index contributed by atoms with van der Waals surface area (Å²) in [6, 6.07) is 3.13. The SMILES string of the molecule is CCS(=O)(=O)Nc1cc(-c2ncnc(C(F)(F)F)c2Cl)c(F)cc1C#N. The molecule has 1 heterocycles. The van der Waals surface area contributed by atoms with Crippen LogP contribution in [-0.2, 0) is 16.2 Å². The van der Waals surface area contributed by atoms with Gasteiger partial charge in [-0.15, -0.1) is 0 Å². The summed E-state index contributed by atoms with van der Waals surface area (Å²) < 4.78 is 78.5. The Kier molecular flexibility index (Phi) is 5.39. The molecule has 0 bridgehead atoms. The predicted octanol–water partition coefficient (Wildman–Crippen LogP) is 3.59. The number of benzene rings is 1. The van der Waals surface area contributed by atoms with E-state index in [-0.39, 0.29) is 17.0 Å². The number of nitrogens with one attached hydrogen (secondary N) is 1. The van der Waals surface area contributed by atoms with Crippen LogP contribution in [0.4, 0.5) is 23.2 Å². The largest absolute Gasteiger partial charge is 0.434 e. The van der Waals surface area contributed by atoms with Crippen molar-refractivity contribution >= 4 is 27.3 Å². The first-order valence-electron chi connectivity index (χ1n) is 6.82. The first-order chi connectivity index (χ1) is 12.0. The van der Waals surface area contributed by atoms with E-state index in [0.29, 0.717) is 12.4 Å². The predicted molar refractivity (Wildman–Crippen MR) is 85.2 cm³/mol. The molecule has 0 radical (unpaired) electrons. The van der Waals surface area contributed by atoms with Crippen LogP contribution in [0.15, 0.2) is 18.5 Å². The van der Waals surface area contributed by atoms with Crippen LogP contribution in [0, 0.1) is 17.1 Å². The number of alkyl halides is 3. The maximum absolute atomic E-state index is 14.3. The molecule has 12 heteroatoms. The fraction of sp³-hybridized carbons (Fsp3) is 0.214. The summed E-state index contributed by atoms with van der Waals surface area (Å²) in [6.07, 6.45) is -4.35. The minimum atomic E-state index is -4.90. The minimum Gasteiger partial charge on any atom is -0.282 e. The van der Waals surface area contributed by atoms with Crippen LogP contribution in [-0.4, -0.2) is 24.1 Å². The number of hydrogen-bond acceptors (Lipinski definition) is 5. The Balaban J connectivity index is 2.71. The molecular weight excluding hydrogens is 400 g/mol. The highest BCUT2D eigenvalue weighted by Crippen LogP contribution is 2.39. The van der Waals surface area contributed by atoms with Gasteiger partial charge in [0.05, 0.1) is 27.7 Å². The molecule has 0 spiro atoms. The van der Waals surface area contributed by atoms with Crippen LogP contribution in [0.3, 0.4) is 0 Å². The summed E-state index contributed by atoms with van der Waals surface area (Å²) in [5, 5.41) is 8.08. The van der Waals surface area contributed by atoms with Gasteiger partial charge in [0, 0.05) is 5.56 Å². The van der Waals surface area contributed by atoms with Crippen molar-refractivity contribution in [2.24, 2.45) is 0 Å². The Morgan fingerprint density at radius 3 is 2.50 bits per heavy atom. The van der Waals surface area contributed by atoms with Crippen molar-refractivity contribution in [2.45, 2.75) is 13.1 Å². The Morgan fingerprint density at radius 1 is 1.31 bits per heavy atom. The van der Waals surface area contributed by atoms with Crippen LogP contribution in [0.2, 0.25) is 5.02 Å². The molecule has 0 fully saturated rings. The zero-order valence-corrected chi connectivity index (χ0v) is 14.5. The molecule has 1 aromatic heterocycles. The summed E-state index contributed by atoms with van der Waals surface area (Å²) in [4.78, 5) is 6.59. The molecule has 0 atom stereocenters. The van der Waals surface area contributed by atoms with Gasteiger partial charge in [-0.3, -0.25) is 4.72 Å². The molecule has 6 nitrogen and oxygen atoms in total. The molecular formula is C14H9ClF4N4O2S. The van der Waals surface area contributed by atoms with Gasteiger partial charge in [0.25, 0.3) is 0 Å². The average Bonchev–Trinajstić information content (AvgIpc) is 2.55. The second-order valence-corrected chi connectivity index (χ2v) is 7.27. The molecule has 0 aliphatic carbocycles. The zero-order chi connectivity index (χ0) is 19.7. The Bertz CT molecular complexity index is 1000. The number of nitrogens with zero attached hydrogens (tertiary/aromatic N) is 3. The maximum Gasteiger partial charge on any atom is 0.434 e. The summed E-state index contributed by atoms with van der Waals surface area (Å²) >= 11 is 5.67. The van der Waals surface area contributed by atoms with Crippen molar-refractivity contribution in [1.29, 1.82) is 5.26 Å². The van der Waals surface area contributed by atoms with Gasteiger partial charge in [-0.1, -0.05) is 11.6 Å². The van der Waals surface area contributed by atoms with E-state index in [9.17, 15) is 26.0 Å². The molecule has 0 saturated heterocycles. The lowest BCUT2D eigenvalue weighted by atomic mass is 10.1. The number of aromatic nitrogens is 2. The smallest absolute Gasteiger partial charge is 0.282 e. The Hall–Kier alpha value is -2.45. The third kappa shape index (κ3) is 4.03. The highest BCUT2D eigenvalue weighted by Gasteiger charge is 2.37. The summed E-state index contributed by atoms with van der Waals surface area (Å²) in [5.41, 5.74) is -3.24. The minimum absolute atomic E-state index is 0.311. The topological polar surface area (TPSA) is 95.7 Å². The molecule has 0 aliphatic rings. The Labute approximate surface area is 150 Å². The van der Waals surface area contributed by atoms with E-state index in [4.69, 9.17) is 16.9 Å². The molecule has 26 heavy (non-hydrogen) atoms. The lowest BCUT2D eigenvalue weighted by molar-refractivity contribution is -0.141. The van der Waals surface area contributed by atoms with E-state index in [1.807, 2.05) is 0 Å². The van der Waals surface area contributed by atoms with Crippen LogP contribution >= 0.6 is 11.6 Å². The number of halogens is 5. The van der Waals surface area contributed by atoms with Crippen molar-refractivity contribution in [3.8, 4) is 17.3 Å². The monoisotopic (exact) mass is 408 g/mol. The second kappa shape index (κ2) is 7.05. The molecule has 0 saturated carbocycles. The number of hydrogen-bond donors (Lipinski definition) is 1. The molecule has 0 amide bonds. The van der Waals surface area contributed by atoms with Gasteiger partial charge >= 0.3 is 6.18 Å².